The van der Waals surface area contributed by atoms with Crippen molar-refractivity contribution < 1.29 is 23.8 Å². The van der Waals surface area contributed by atoms with Crippen LogP contribution < -0.4 is 14.8 Å². The lowest BCUT2D eigenvalue weighted by atomic mass is 9.87. The third-order valence-electron chi connectivity index (χ3n) is 4.09. The number of ether oxygens (including phenoxy) is 3. The summed E-state index contributed by atoms with van der Waals surface area (Å²) in [4.78, 5) is 23.5. The SMILES string of the molecule is COc1ccc(CNC(=O)COC(=O)COc2ccc(C(C)(C)C)cc2)cc1. The van der Waals surface area contributed by atoms with Gasteiger partial charge in [0.05, 0.1) is 7.11 Å². The van der Waals surface area contributed by atoms with Crippen molar-refractivity contribution in [2.75, 3.05) is 20.3 Å². The van der Waals surface area contributed by atoms with E-state index in [2.05, 4.69) is 26.1 Å². The number of hydrogen-bond acceptors (Lipinski definition) is 5. The predicted octanol–water partition coefficient (Wildman–Crippen LogP) is 3.23. The van der Waals surface area contributed by atoms with Gasteiger partial charge in [0, 0.05) is 6.54 Å². The second kappa shape index (κ2) is 9.78. The van der Waals surface area contributed by atoms with E-state index in [-0.39, 0.29) is 24.5 Å². The Morgan fingerprint density at radius 1 is 0.893 bits per heavy atom. The minimum atomic E-state index is -0.598. The highest BCUT2D eigenvalue weighted by Gasteiger charge is 2.13. The molecule has 0 atom stereocenters. The molecule has 0 aromatic heterocycles. The molecule has 2 aromatic rings. The molecule has 0 aliphatic carbocycles. The van der Waals surface area contributed by atoms with Gasteiger partial charge in [-0.05, 0) is 40.8 Å². The topological polar surface area (TPSA) is 73.9 Å². The number of benzene rings is 2. The fourth-order valence-corrected chi connectivity index (χ4v) is 2.38. The lowest BCUT2D eigenvalue weighted by molar-refractivity contribution is -0.150. The molecular weight excluding hydrogens is 358 g/mol. The Balaban J connectivity index is 1.67. The Morgan fingerprint density at radius 3 is 2.07 bits per heavy atom. The number of hydrogen-bond donors (Lipinski definition) is 1. The number of esters is 1. The van der Waals surface area contributed by atoms with Crippen molar-refractivity contribution in [3.8, 4) is 11.5 Å². The van der Waals surface area contributed by atoms with Gasteiger partial charge in [-0.3, -0.25) is 4.79 Å². The van der Waals surface area contributed by atoms with Crippen LogP contribution in [-0.2, 0) is 26.3 Å². The summed E-state index contributed by atoms with van der Waals surface area (Å²) in [5.41, 5.74) is 2.15. The Labute approximate surface area is 165 Å². The zero-order valence-corrected chi connectivity index (χ0v) is 16.8. The van der Waals surface area contributed by atoms with Crippen molar-refractivity contribution in [2.24, 2.45) is 0 Å². The summed E-state index contributed by atoms with van der Waals surface area (Å²) < 4.78 is 15.4. The first-order valence-corrected chi connectivity index (χ1v) is 9.06. The maximum atomic E-state index is 11.8. The number of carbonyl (C=O) groups excluding carboxylic acids is 2. The summed E-state index contributed by atoms with van der Waals surface area (Å²) >= 11 is 0. The summed E-state index contributed by atoms with van der Waals surface area (Å²) in [7, 11) is 1.59. The van der Waals surface area contributed by atoms with Crippen LogP contribution in [0.2, 0.25) is 0 Å². The highest BCUT2D eigenvalue weighted by molar-refractivity contribution is 5.80. The van der Waals surface area contributed by atoms with Gasteiger partial charge in [0.25, 0.3) is 5.91 Å². The molecule has 0 fully saturated rings. The first-order valence-electron chi connectivity index (χ1n) is 9.06. The summed E-state index contributed by atoms with van der Waals surface area (Å²) in [6, 6.07) is 14.9. The van der Waals surface area contributed by atoms with E-state index in [1.54, 1.807) is 7.11 Å². The molecule has 1 N–H and O–H groups in total. The van der Waals surface area contributed by atoms with Gasteiger partial charge in [-0.15, -0.1) is 0 Å². The smallest absolute Gasteiger partial charge is 0.344 e. The number of carbonyl (C=O) groups is 2. The number of rotatable bonds is 8. The van der Waals surface area contributed by atoms with Crippen LogP contribution >= 0.6 is 0 Å². The molecule has 0 aliphatic rings. The lowest BCUT2D eigenvalue weighted by Gasteiger charge is -2.19. The van der Waals surface area contributed by atoms with Crippen molar-refractivity contribution in [3.63, 3.8) is 0 Å². The van der Waals surface area contributed by atoms with E-state index in [9.17, 15) is 9.59 Å². The number of amides is 1. The second-order valence-electron chi connectivity index (χ2n) is 7.35. The quantitative estimate of drug-likeness (QED) is 0.706. The van der Waals surface area contributed by atoms with E-state index in [0.717, 1.165) is 11.3 Å². The van der Waals surface area contributed by atoms with Crippen molar-refractivity contribution in [1.29, 1.82) is 0 Å². The maximum absolute atomic E-state index is 11.8. The molecule has 0 saturated carbocycles. The van der Waals surface area contributed by atoms with Gasteiger partial charge in [-0.1, -0.05) is 45.0 Å². The Hall–Kier alpha value is -3.02. The summed E-state index contributed by atoms with van der Waals surface area (Å²) in [6.07, 6.45) is 0. The van der Waals surface area contributed by atoms with E-state index in [0.29, 0.717) is 12.3 Å². The molecule has 0 bridgehead atoms. The Kier molecular flexibility index (Phi) is 7.44. The summed E-state index contributed by atoms with van der Waals surface area (Å²) in [5, 5.41) is 2.69. The highest BCUT2D eigenvalue weighted by Crippen LogP contribution is 2.24. The molecule has 0 spiro atoms. The second-order valence-corrected chi connectivity index (χ2v) is 7.35. The van der Waals surface area contributed by atoms with E-state index in [4.69, 9.17) is 14.2 Å². The van der Waals surface area contributed by atoms with E-state index < -0.39 is 5.97 Å². The van der Waals surface area contributed by atoms with Gasteiger partial charge in [0.2, 0.25) is 0 Å². The molecule has 0 unspecified atom stereocenters. The van der Waals surface area contributed by atoms with Crippen molar-refractivity contribution in [2.45, 2.75) is 32.7 Å². The highest BCUT2D eigenvalue weighted by atomic mass is 16.6. The molecule has 0 saturated heterocycles. The minimum Gasteiger partial charge on any atom is -0.497 e. The predicted molar refractivity (Wildman–Crippen MR) is 106 cm³/mol. The molecule has 1 amide bonds. The van der Waals surface area contributed by atoms with Crippen LogP contribution in [0.5, 0.6) is 11.5 Å². The zero-order valence-electron chi connectivity index (χ0n) is 16.8. The van der Waals surface area contributed by atoms with Crippen LogP contribution in [0.3, 0.4) is 0 Å². The van der Waals surface area contributed by atoms with Gasteiger partial charge < -0.3 is 19.5 Å². The van der Waals surface area contributed by atoms with E-state index in [1.807, 2.05) is 48.5 Å². The third kappa shape index (κ3) is 6.95. The Morgan fingerprint density at radius 2 is 1.50 bits per heavy atom. The van der Waals surface area contributed by atoms with Gasteiger partial charge in [0.1, 0.15) is 11.5 Å². The van der Waals surface area contributed by atoms with E-state index in [1.165, 1.54) is 5.56 Å². The average Bonchev–Trinajstić information content (AvgIpc) is 2.69. The molecule has 150 valence electrons. The van der Waals surface area contributed by atoms with Crippen molar-refractivity contribution in [3.05, 3.63) is 59.7 Å². The van der Waals surface area contributed by atoms with Crippen LogP contribution in [-0.4, -0.2) is 32.2 Å². The molecule has 0 radical (unpaired) electrons. The molecular formula is C22H27NO5. The van der Waals surface area contributed by atoms with Gasteiger partial charge in [-0.25, -0.2) is 4.79 Å². The van der Waals surface area contributed by atoms with Crippen LogP contribution in [0.15, 0.2) is 48.5 Å². The van der Waals surface area contributed by atoms with Gasteiger partial charge in [0.15, 0.2) is 13.2 Å². The summed E-state index contributed by atoms with van der Waals surface area (Å²) in [6.45, 7) is 6.12. The first-order chi connectivity index (χ1) is 13.3. The average molecular weight is 385 g/mol. The molecule has 0 aliphatic heterocycles. The third-order valence-corrected chi connectivity index (χ3v) is 4.09. The van der Waals surface area contributed by atoms with Gasteiger partial charge in [-0.2, -0.15) is 0 Å². The molecule has 6 nitrogen and oxygen atoms in total. The molecule has 0 heterocycles. The summed E-state index contributed by atoms with van der Waals surface area (Å²) in [5.74, 6) is 0.351. The number of methoxy groups -OCH3 is 1. The largest absolute Gasteiger partial charge is 0.497 e. The van der Waals surface area contributed by atoms with Crippen LogP contribution in [0, 0.1) is 0 Å². The Bertz CT molecular complexity index is 776. The lowest BCUT2D eigenvalue weighted by Crippen LogP contribution is -2.29. The van der Waals surface area contributed by atoms with Gasteiger partial charge >= 0.3 is 5.97 Å². The van der Waals surface area contributed by atoms with E-state index >= 15 is 0 Å². The maximum Gasteiger partial charge on any atom is 0.344 e. The van der Waals surface area contributed by atoms with Crippen molar-refractivity contribution >= 4 is 11.9 Å². The molecule has 28 heavy (non-hydrogen) atoms. The van der Waals surface area contributed by atoms with Crippen LogP contribution in [0.25, 0.3) is 0 Å². The normalized spacial score (nSPS) is 10.9. The minimum absolute atomic E-state index is 0.0522. The van der Waals surface area contributed by atoms with Crippen LogP contribution in [0.4, 0.5) is 0 Å². The molecule has 2 rings (SSSR count). The monoisotopic (exact) mass is 385 g/mol. The number of nitrogens with one attached hydrogen (secondary N) is 1. The zero-order chi connectivity index (χ0) is 20.6. The molecule has 2 aromatic carbocycles. The first kappa shape index (κ1) is 21.3. The van der Waals surface area contributed by atoms with Crippen molar-refractivity contribution in [1.82, 2.24) is 5.32 Å². The van der Waals surface area contributed by atoms with Crippen LogP contribution in [0.1, 0.15) is 31.9 Å². The standard InChI is InChI=1S/C22H27NO5/c1-22(2,3)17-7-11-19(12-8-17)27-15-21(25)28-14-20(24)23-13-16-5-9-18(26-4)10-6-16/h5-12H,13-15H2,1-4H3,(H,23,24). The fraction of sp³-hybridized carbons (Fsp3) is 0.364. The molecule has 6 heteroatoms. The fourth-order valence-electron chi connectivity index (χ4n) is 2.38.